The second-order valence-corrected chi connectivity index (χ2v) is 5.99. The van der Waals surface area contributed by atoms with Crippen molar-refractivity contribution in [3.63, 3.8) is 0 Å². The van der Waals surface area contributed by atoms with Gasteiger partial charge in [-0.2, -0.15) is 0 Å². The number of halogens is 1. The molecule has 0 aliphatic carbocycles. The van der Waals surface area contributed by atoms with Gasteiger partial charge in [-0.15, -0.1) is 0 Å². The molecule has 1 nitrogen and oxygen atoms in total. The molecule has 18 heavy (non-hydrogen) atoms. The molecule has 0 aliphatic rings. The molecule has 0 amide bonds. The molecule has 2 heteroatoms. The van der Waals surface area contributed by atoms with Gasteiger partial charge in [0.15, 0.2) is 0 Å². The maximum Gasteiger partial charge on any atom is 0.0514 e. The molecular formula is C16H26BrN. The zero-order valence-corrected chi connectivity index (χ0v) is 13.6. The number of rotatable bonds is 8. The average Bonchev–Trinajstić information content (AvgIpc) is 2.30. The Balaban J connectivity index is 2.27. The highest BCUT2D eigenvalue weighted by Crippen LogP contribution is 2.27. The third-order valence-electron chi connectivity index (χ3n) is 3.26. The summed E-state index contributed by atoms with van der Waals surface area (Å²) in [4.78, 5) is 0. The molecule has 102 valence electrons. The molecule has 0 aromatic heterocycles. The predicted molar refractivity (Wildman–Crippen MR) is 85.5 cm³/mol. The molecule has 0 saturated heterocycles. The molecule has 0 atom stereocenters. The number of nitrogens with one attached hydrogen (secondary N) is 1. The van der Waals surface area contributed by atoms with Crippen LogP contribution in [0.5, 0.6) is 0 Å². The Hall–Kier alpha value is -0.500. The summed E-state index contributed by atoms with van der Waals surface area (Å²) in [7, 11) is 0. The van der Waals surface area contributed by atoms with Crippen molar-refractivity contribution >= 4 is 21.6 Å². The van der Waals surface area contributed by atoms with Crippen LogP contribution in [0.4, 0.5) is 5.69 Å². The summed E-state index contributed by atoms with van der Waals surface area (Å²) in [6.07, 6.45) is 8.09. The Morgan fingerprint density at radius 1 is 1.00 bits per heavy atom. The topological polar surface area (TPSA) is 12.0 Å². The van der Waals surface area contributed by atoms with Gasteiger partial charge < -0.3 is 5.32 Å². The fourth-order valence-electron chi connectivity index (χ4n) is 2.26. The van der Waals surface area contributed by atoms with E-state index in [0.717, 1.165) is 6.54 Å². The normalized spacial score (nSPS) is 10.7. The summed E-state index contributed by atoms with van der Waals surface area (Å²) in [5.41, 5.74) is 3.89. The maximum atomic E-state index is 3.64. The van der Waals surface area contributed by atoms with E-state index in [1.165, 1.54) is 59.8 Å². The number of benzene rings is 1. The third kappa shape index (κ3) is 5.43. The van der Waals surface area contributed by atoms with E-state index >= 15 is 0 Å². The first-order valence-electron chi connectivity index (χ1n) is 7.15. The van der Waals surface area contributed by atoms with Gasteiger partial charge in [-0.05, 0) is 53.4 Å². The van der Waals surface area contributed by atoms with Crippen LogP contribution in [0.2, 0.25) is 0 Å². The van der Waals surface area contributed by atoms with Crippen LogP contribution in [0.1, 0.15) is 56.6 Å². The first-order valence-corrected chi connectivity index (χ1v) is 7.95. The van der Waals surface area contributed by atoms with E-state index in [-0.39, 0.29) is 0 Å². The van der Waals surface area contributed by atoms with Crippen molar-refractivity contribution in [1.29, 1.82) is 0 Å². The second-order valence-electron chi connectivity index (χ2n) is 5.13. The summed E-state index contributed by atoms with van der Waals surface area (Å²) < 4.78 is 1.19. The van der Waals surface area contributed by atoms with Crippen molar-refractivity contribution in [2.24, 2.45) is 0 Å². The minimum Gasteiger partial charge on any atom is -0.384 e. The van der Waals surface area contributed by atoms with Gasteiger partial charge >= 0.3 is 0 Å². The molecule has 0 radical (unpaired) electrons. The van der Waals surface area contributed by atoms with Crippen LogP contribution in [-0.2, 0) is 0 Å². The highest BCUT2D eigenvalue weighted by atomic mass is 79.9. The van der Waals surface area contributed by atoms with Crippen molar-refractivity contribution in [1.82, 2.24) is 0 Å². The molecule has 1 rings (SSSR count). The number of aryl methyl sites for hydroxylation is 2. The van der Waals surface area contributed by atoms with Gasteiger partial charge in [-0.25, -0.2) is 0 Å². The Labute approximate surface area is 120 Å². The highest BCUT2D eigenvalue weighted by molar-refractivity contribution is 9.10. The lowest BCUT2D eigenvalue weighted by atomic mass is 10.1. The van der Waals surface area contributed by atoms with Gasteiger partial charge in [-0.3, -0.25) is 0 Å². The Bertz CT molecular complexity index is 337. The van der Waals surface area contributed by atoms with Crippen LogP contribution in [0, 0.1) is 13.8 Å². The van der Waals surface area contributed by atoms with Gasteiger partial charge in [0.05, 0.1) is 5.69 Å². The highest BCUT2D eigenvalue weighted by Gasteiger charge is 2.03. The molecule has 1 aromatic rings. The summed E-state index contributed by atoms with van der Waals surface area (Å²) in [6.45, 7) is 7.64. The molecule has 0 bridgehead atoms. The molecule has 1 N–H and O–H groups in total. The molecule has 0 unspecified atom stereocenters. The van der Waals surface area contributed by atoms with Crippen LogP contribution in [-0.4, -0.2) is 6.54 Å². The number of unbranched alkanes of at least 4 members (excludes halogenated alkanes) is 5. The molecule has 0 saturated carbocycles. The van der Waals surface area contributed by atoms with Gasteiger partial charge in [0, 0.05) is 11.0 Å². The molecule has 0 spiro atoms. The van der Waals surface area contributed by atoms with Crippen molar-refractivity contribution in [3.8, 4) is 0 Å². The quantitative estimate of drug-likeness (QED) is 0.595. The van der Waals surface area contributed by atoms with Crippen molar-refractivity contribution < 1.29 is 0 Å². The molecule has 0 heterocycles. The van der Waals surface area contributed by atoms with Gasteiger partial charge in [0.25, 0.3) is 0 Å². The minimum atomic E-state index is 1.08. The molecule has 1 aromatic carbocycles. The summed E-state index contributed by atoms with van der Waals surface area (Å²) in [5, 5.41) is 3.55. The summed E-state index contributed by atoms with van der Waals surface area (Å²) in [5.74, 6) is 0. The molecule has 0 aliphatic heterocycles. The van der Waals surface area contributed by atoms with E-state index in [2.05, 4.69) is 54.2 Å². The van der Waals surface area contributed by atoms with Crippen molar-refractivity contribution in [2.45, 2.75) is 59.3 Å². The monoisotopic (exact) mass is 311 g/mol. The summed E-state index contributed by atoms with van der Waals surface area (Å²) in [6, 6.07) is 4.41. The van der Waals surface area contributed by atoms with Gasteiger partial charge in [0.1, 0.15) is 0 Å². The maximum absolute atomic E-state index is 3.64. The standard InChI is InChI=1S/C16H26BrN/c1-4-5-6-7-8-9-10-18-16-14(3)11-13(2)12-15(16)17/h11-12,18H,4-10H2,1-3H3. The largest absolute Gasteiger partial charge is 0.384 e. The number of hydrogen-bond donors (Lipinski definition) is 1. The number of hydrogen-bond acceptors (Lipinski definition) is 1. The van der Waals surface area contributed by atoms with E-state index in [1.807, 2.05) is 0 Å². The van der Waals surface area contributed by atoms with Crippen LogP contribution in [0.15, 0.2) is 16.6 Å². The average molecular weight is 312 g/mol. The van der Waals surface area contributed by atoms with Crippen molar-refractivity contribution in [3.05, 3.63) is 27.7 Å². The second kappa shape index (κ2) is 8.58. The summed E-state index contributed by atoms with van der Waals surface area (Å²) >= 11 is 3.64. The SMILES string of the molecule is CCCCCCCCNc1c(C)cc(C)cc1Br. The fraction of sp³-hybridized carbons (Fsp3) is 0.625. The van der Waals surface area contributed by atoms with Crippen LogP contribution in [0.25, 0.3) is 0 Å². The molecule has 0 fully saturated rings. The number of anilines is 1. The fourth-order valence-corrected chi connectivity index (χ4v) is 3.07. The lowest BCUT2D eigenvalue weighted by Gasteiger charge is -2.12. The van der Waals surface area contributed by atoms with E-state index in [1.54, 1.807) is 0 Å². The van der Waals surface area contributed by atoms with Crippen LogP contribution in [0.3, 0.4) is 0 Å². The van der Waals surface area contributed by atoms with E-state index in [0.29, 0.717) is 0 Å². The lowest BCUT2D eigenvalue weighted by molar-refractivity contribution is 0.617. The van der Waals surface area contributed by atoms with E-state index in [4.69, 9.17) is 0 Å². The Morgan fingerprint density at radius 2 is 1.67 bits per heavy atom. The first-order chi connectivity index (χ1) is 8.65. The minimum absolute atomic E-state index is 1.08. The van der Waals surface area contributed by atoms with Gasteiger partial charge in [0.2, 0.25) is 0 Å². The Morgan fingerprint density at radius 3 is 2.33 bits per heavy atom. The smallest absolute Gasteiger partial charge is 0.0514 e. The van der Waals surface area contributed by atoms with Gasteiger partial charge in [-0.1, -0.05) is 45.1 Å². The molecular weight excluding hydrogens is 286 g/mol. The lowest BCUT2D eigenvalue weighted by Crippen LogP contribution is -2.04. The third-order valence-corrected chi connectivity index (χ3v) is 3.89. The van der Waals surface area contributed by atoms with E-state index in [9.17, 15) is 0 Å². The van der Waals surface area contributed by atoms with Crippen LogP contribution >= 0.6 is 15.9 Å². The zero-order chi connectivity index (χ0) is 13.4. The Kier molecular flexibility index (Phi) is 7.41. The van der Waals surface area contributed by atoms with E-state index < -0.39 is 0 Å². The zero-order valence-electron chi connectivity index (χ0n) is 12.0. The predicted octanol–water partition coefficient (Wildman–Crippen LogP) is 5.84. The first kappa shape index (κ1) is 15.6. The van der Waals surface area contributed by atoms with Crippen molar-refractivity contribution in [2.75, 3.05) is 11.9 Å². The van der Waals surface area contributed by atoms with Crippen LogP contribution < -0.4 is 5.32 Å².